The predicted molar refractivity (Wildman–Crippen MR) is 151 cm³/mol. The zero-order chi connectivity index (χ0) is 22.9. The predicted octanol–water partition coefficient (Wildman–Crippen LogP) is 2.44. The largest absolute Gasteiger partial charge is 0.388 e. The smallest absolute Gasteiger partial charge is 0.177 e. The maximum absolute atomic E-state index is 9.57. The summed E-state index contributed by atoms with van der Waals surface area (Å²) in [5.41, 5.74) is 0. The van der Waals surface area contributed by atoms with E-state index in [9.17, 15) is 10.2 Å². The molecule has 1 rings (SSSR count). The van der Waals surface area contributed by atoms with Gasteiger partial charge in [0.05, 0.1) is 60.8 Å². The highest BCUT2D eigenvalue weighted by atomic mass is 16.6. The molecule has 0 saturated carbocycles. The van der Waals surface area contributed by atoms with Crippen molar-refractivity contribution in [1.82, 2.24) is 4.90 Å². The van der Waals surface area contributed by atoms with Crippen LogP contribution in [0.15, 0.2) is 0 Å². The third-order valence-electron chi connectivity index (χ3n) is 2.98. The van der Waals surface area contributed by atoms with E-state index in [1.807, 2.05) is 47.2 Å². The van der Waals surface area contributed by atoms with Crippen molar-refractivity contribution < 1.29 is 43.5 Å². The fourth-order valence-corrected chi connectivity index (χ4v) is 1.80. The fourth-order valence-electron chi connectivity index (χ4n) is 1.80. The van der Waals surface area contributed by atoms with Crippen LogP contribution in [0.2, 0.25) is 0 Å². The van der Waals surface area contributed by atoms with Gasteiger partial charge in [-0.2, -0.15) is 0 Å². The van der Waals surface area contributed by atoms with Gasteiger partial charge in [0.2, 0.25) is 0 Å². The molecule has 226 valence electrons. The van der Waals surface area contributed by atoms with Gasteiger partial charge in [-0.3, -0.25) is 0 Å². The van der Waals surface area contributed by atoms with Crippen molar-refractivity contribution in [2.75, 3.05) is 103 Å². The fraction of sp³-hybridized carbons (Fsp3) is 1.00. The van der Waals surface area contributed by atoms with Gasteiger partial charge in [-0.1, -0.05) is 44.6 Å². The highest BCUT2D eigenvalue weighted by Gasteiger charge is 2.22. The molecule has 0 bridgehead atoms. The Morgan fingerprint density at radius 2 is 1.23 bits per heavy atom. The summed E-state index contributed by atoms with van der Waals surface area (Å²) in [6, 6.07) is 0. The minimum Gasteiger partial charge on any atom is -0.388 e. The number of aliphatic hydroxyl groups is 3. The summed E-state index contributed by atoms with van der Waals surface area (Å²) >= 11 is 0. The molecule has 1 saturated heterocycles. The molecule has 1 fully saturated rings. The van der Waals surface area contributed by atoms with Crippen molar-refractivity contribution in [3.05, 3.63) is 0 Å². The summed E-state index contributed by atoms with van der Waals surface area (Å²) < 4.78 is 25.0. The average Bonchev–Trinajstić information content (AvgIpc) is 3.37. The third-order valence-corrected chi connectivity index (χ3v) is 2.98. The number of likely N-dealkylation sites (N-methyl/N-ethyl adjacent to an activating group) is 1. The summed E-state index contributed by atoms with van der Waals surface area (Å²) in [4.78, 5) is 2.00. The summed E-state index contributed by atoms with van der Waals surface area (Å²) in [6.45, 7) is 2.88. The van der Waals surface area contributed by atoms with Crippen molar-refractivity contribution >= 4 is 0 Å². The van der Waals surface area contributed by atoms with Gasteiger partial charge in [-0.15, -0.1) is 0 Å². The van der Waals surface area contributed by atoms with Crippen LogP contribution in [-0.4, -0.2) is 152 Å². The van der Waals surface area contributed by atoms with Crippen LogP contribution >= 0.6 is 0 Å². The molecule has 4 atom stereocenters. The molecule has 1 heterocycles. The maximum atomic E-state index is 9.57. The van der Waals surface area contributed by atoms with Crippen LogP contribution in [0, 0.1) is 0 Å². The molecular formula is C25H69N2O8+. The minimum atomic E-state index is -0.807. The molecule has 1 aliphatic heterocycles. The maximum Gasteiger partial charge on any atom is 0.177 e. The van der Waals surface area contributed by atoms with Gasteiger partial charge in [-0.05, 0) is 21.1 Å². The van der Waals surface area contributed by atoms with E-state index in [4.69, 9.17) is 24.1 Å². The van der Waals surface area contributed by atoms with Crippen molar-refractivity contribution in [3.63, 3.8) is 0 Å². The van der Waals surface area contributed by atoms with Gasteiger partial charge in [0.1, 0.15) is 24.9 Å². The molecular weight excluding hydrogens is 456 g/mol. The van der Waals surface area contributed by atoms with Gasteiger partial charge < -0.3 is 48.4 Å². The van der Waals surface area contributed by atoms with E-state index >= 15 is 0 Å². The van der Waals surface area contributed by atoms with Crippen molar-refractivity contribution in [2.24, 2.45) is 0 Å². The van der Waals surface area contributed by atoms with E-state index in [2.05, 4.69) is 4.74 Å². The number of methoxy groups -OCH3 is 2. The zero-order valence-electron chi connectivity index (χ0n) is 19.5. The Hall–Kier alpha value is -0.400. The van der Waals surface area contributed by atoms with E-state index in [1.165, 1.54) is 14.2 Å². The lowest BCUT2D eigenvalue weighted by molar-refractivity contribution is -0.873. The number of nitrogens with zero attached hydrogens (tertiary/aromatic N) is 2. The van der Waals surface area contributed by atoms with Gasteiger partial charge in [0.25, 0.3) is 0 Å². The van der Waals surface area contributed by atoms with Crippen molar-refractivity contribution in [3.8, 4) is 0 Å². The van der Waals surface area contributed by atoms with Crippen LogP contribution in [0.1, 0.15) is 44.6 Å². The minimum absolute atomic E-state index is 0. The van der Waals surface area contributed by atoms with Crippen LogP contribution in [0.3, 0.4) is 0 Å². The number of hydrogen-bond donors (Lipinski definition) is 3. The van der Waals surface area contributed by atoms with Gasteiger partial charge in [0.15, 0.2) is 6.29 Å². The molecule has 0 aromatic rings. The Morgan fingerprint density at radius 3 is 1.57 bits per heavy atom. The first kappa shape index (κ1) is 55.2. The number of ether oxygens (including phenoxy) is 5. The van der Waals surface area contributed by atoms with Crippen LogP contribution in [0.4, 0.5) is 0 Å². The molecule has 0 aromatic heterocycles. The van der Waals surface area contributed by atoms with Gasteiger partial charge in [0, 0.05) is 14.2 Å². The second kappa shape index (κ2) is 33.6. The molecule has 0 spiro atoms. The molecule has 3 N–H and O–H groups in total. The van der Waals surface area contributed by atoms with E-state index in [0.717, 1.165) is 6.61 Å². The Bertz CT molecular complexity index is 352. The SMILES string of the molecule is C.C.C.C.C.C.CN(C)C.COC(O)COCC1CO1.COCC(O)COCC(O)C[N+](C)(C)C. The van der Waals surface area contributed by atoms with Crippen LogP contribution in [-0.2, 0) is 23.7 Å². The first-order valence-corrected chi connectivity index (χ1v) is 9.65. The lowest BCUT2D eigenvalue weighted by Gasteiger charge is -2.26. The first-order valence-electron chi connectivity index (χ1n) is 9.65. The van der Waals surface area contributed by atoms with Gasteiger partial charge >= 0.3 is 0 Å². The van der Waals surface area contributed by atoms with E-state index < -0.39 is 18.5 Å². The van der Waals surface area contributed by atoms with Crippen molar-refractivity contribution in [2.45, 2.75) is 69.2 Å². The quantitative estimate of drug-likeness (QED) is 0.189. The average molecular weight is 526 g/mol. The topological polar surface area (TPSA) is 113 Å². The molecule has 10 heteroatoms. The molecule has 10 nitrogen and oxygen atoms in total. The first-order chi connectivity index (χ1) is 13.4. The van der Waals surface area contributed by atoms with E-state index in [1.54, 1.807) is 0 Å². The molecule has 0 aliphatic carbocycles. The molecule has 0 radical (unpaired) electrons. The van der Waals surface area contributed by atoms with Crippen LogP contribution in [0.5, 0.6) is 0 Å². The summed E-state index contributed by atoms with van der Waals surface area (Å²) in [5.74, 6) is 0. The van der Waals surface area contributed by atoms with E-state index in [0.29, 0.717) is 17.6 Å². The highest BCUT2D eigenvalue weighted by molar-refractivity contribution is 4.67. The molecule has 35 heavy (non-hydrogen) atoms. The number of hydrogen-bond acceptors (Lipinski definition) is 9. The molecule has 1 aliphatic rings. The standard InChI is InChI=1S/C10H24NO4.C6H12O4.C3H9N.6CH4/c1-11(2,3)5-9(12)7-15-8-10(13)6-14-4;1-8-6(7)4-9-2-5-3-10-5;1-4(2)3;;;;;;/h9-10,12-13H,5-8H2,1-4H3;5-7H,2-4H2,1H3;1-3H3;6*1H4/q+1;;;;;;;;. The number of epoxide rings is 1. The monoisotopic (exact) mass is 526 g/mol. The summed E-state index contributed by atoms with van der Waals surface area (Å²) in [6.07, 6.45) is -1.67. The Balaban J connectivity index is -0.0000000539. The highest BCUT2D eigenvalue weighted by Crippen LogP contribution is 2.08. The van der Waals surface area contributed by atoms with Crippen LogP contribution < -0.4 is 0 Å². The van der Waals surface area contributed by atoms with E-state index in [-0.39, 0.29) is 77.1 Å². The lowest BCUT2D eigenvalue weighted by Crippen LogP contribution is -2.43. The summed E-state index contributed by atoms with van der Waals surface area (Å²) in [5, 5.41) is 27.6. The number of quaternary nitrogens is 1. The van der Waals surface area contributed by atoms with Crippen LogP contribution in [0.25, 0.3) is 0 Å². The summed E-state index contributed by atoms with van der Waals surface area (Å²) in [7, 11) is 15.0. The Morgan fingerprint density at radius 1 is 0.800 bits per heavy atom. The normalized spacial score (nSPS) is 15.6. The number of rotatable bonds is 13. The van der Waals surface area contributed by atoms with Gasteiger partial charge in [-0.25, -0.2) is 0 Å². The Labute approximate surface area is 220 Å². The zero-order valence-corrected chi connectivity index (χ0v) is 19.5. The third kappa shape index (κ3) is 55.4. The molecule has 0 amide bonds. The molecule has 0 aromatic carbocycles. The number of aliphatic hydroxyl groups excluding tert-OH is 3. The second-order valence-corrected chi connectivity index (χ2v) is 8.30. The second-order valence-electron chi connectivity index (χ2n) is 8.30. The van der Waals surface area contributed by atoms with Crippen molar-refractivity contribution in [1.29, 1.82) is 0 Å². The Kier molecular flexibility index (Phi) is 53.0. The molecule has 4 unspecified atom stereocenters. The lowest BCUT2D eigenvalue weighted by atomic mass is 10.3.